The van der Waals surface area contributed by atoms with E-state index in [0.717, 1.165) is 17.8 Å². The Morgan fingerprint density at radius 3 is 2.21 bits per heavy atom. The molecular formula is C27H31N3O3. The Hall–Kier alpha value is -3.80. The summed E-state index contributed by atoms with van der Waals surface area (Å²) >= 11 is 0. The van der Waals surface area contributed by atoms with Gasteiger partial charge in [-0.05, 0) is 47.9 Å². The number of benzene rings is 3. The van der Waals surface area contributed by atoms with Gasteiger partial charge in [0.05, 0.1) is 13.2 Å². The summed E-state index contributed by atoms with van der Waals surface area (Å²) in [5.74, 6) is 0.861. The van der Waals surface area contributed by atoms with Crippen molar-refractivity contribution in [1.82, 2.24) is 0 Å². The molecule has 0 atom stereocenters. The fourth-order valence-electron chi connectivity index (χ4n) is 3.24. The lowest BCUT2D eigenvalue weighted by Crippen LogP contribution is -2.21. The van der Waals surface area contributed by atoms with Gasteiger partial charge in [0.2, 0.25) is 11.8 Å². The van der Waals surface area contributed by atoms with Crippen molar-refractivity contribution in [1.29, 1.82) is 0 Å². The standard InChI is InChI=1S/C27H31N3O3/c1-20(2)17-26(31)29-23-13-11-22(12-14-23)28-19-27(32)30-24-9-6-10-25(18-24)33-16-15-21-7-4-3-5-8-21/h3-14,18,20,28H,15-17,19H2,1-2H3,(H,29,31)(H,30,32). The largest absolute Gasteiger partial charge is 0.493 e. The van der Waals surface area contributed by atoms with Crippen molar-refractivity contribution in [2.45, 2.75) is 26.7 Å². The first-order chi connectivity index (χ1) is 16.0. The minimum Gasteiger partial charge on any atom is -0.493 e. The predicted molar refractivity (Wildman–Crippen MR) is 134 cm³/mol. The van der Waals surface area contributed by atoms with Crippen LogP contribution in [0.2, 0.25) is 0 Å². The fourth-order valence-corrected chi connectivity index (χ4v) is 3.24. The molecule has 3 aromatic rings. The van der Waals surface area contributed by atoms with Crippen LogP contribution in [-0.4, -0.2) is 25.0 Å². The molecule has 2 amide bonds. The maximum Gasteiger partial charge on any atom is 0.243 e. The third-order valence-electron chi connectivity index (χ3n) is 4.84. The van der Waals surface area contributed by atoms with Crippen molar-refractivity contribution < 1.29 is 14.3 Å². The molecule has 0 fully saturated rings. The van der Waals surface area contributed by atoms with E-state index < -0.39 is 0 Å². The van der Waals surface area contributed by atoms with Gasteiger partial charge in [-0.2, -0.15) is 0 Å². The van der Waals surface area contributed by atoms with E-state index in [1.54, 1.807) is 0 Å². The molecule has 6 heteroatoms. The molecule has 3 N–H and O–H groups in total. The minimum atomic E-state index is -0.161. The second-order valence-electron chi connectivity index (χ2n) is 8.24. The summed E-state index contributed by atoms with van der Waals surface area (Å²) in [4.78, 5) is 24.2. The van der Waals surface area contributed by atoms with Crippen LogP contribution in [-0.2, 0) is 16.0 Å². The van der Waals surface area contributed by atoms with Crippen LogP contribution in [0, 0.1) is 5.92 Å². The highest BCUT2D eigenvalue weighted by Crippen LogP contribution is 2.18. The minimum absolute atomic E-state index is 0.00337. The highest BCUT2D eigenvalue weighted by Gasteiger charge is 2.06. The van der Waals surface area contributed by atoms with Crippen LogP contribution < -0.4 is 20.7 Å². The molecule has 6 nitrogen and oxygen atoms in total. The first-order valence-electron chi connectivity index (χ1n) is 11.2. The monoisotopic (exact) mass is 445 g/mol. The number of amides is 2. The average molecular weight is 446 g/mol. The van der Waals surface area contributed by atoms with Gasteiger partial charge in [-0.15, -0.1) is 0 Å². The third kappa shape index (κ3) is 8.69. The first-order valence-corrected chi connectivity index (χ1v) is 11.2. The first kappa shape index (κ1) is 23.9. The summed E-state index contributed by atoms with van der Waals surface area (Å²) in [6.07, 6.45) is 1.31. The van der Waals surface area contributed by atoms with Crippen molar-refractivity contribution in [3.63, 3.8) is 0 Å². The van der Waals surface area contributed by atoms with Crippen LogP contribution in [0.3, 0.4) is 0 Å². The summed E-state index contributed by atoms with van der Waals surface area (Å²) in [5.41, 5.74) is 3.44. The molecule has 3 rings (SSSR count). The molecule has 0 aliphatic rings. The third-order valence-corrected chi connectivity index (χ3v) is 4.84. The Bertz CT molecular complexity index is 1030. The zero-order valence-electron chi connectivity index (χ0n) is 19.1. The van der Waals surface area contributed by atoms with Gasteiger partial charge in [0.1, 0.15) is 5.75 Å². The van der Waals surface area contributed by atoms with Gasteiger partial charge in [0, 0.05) is 36.0 Å². The van der Waals surface area contributed by atoms with Gasteiger partial charge >= 0.3 is 0 Å². The van der Waals surface area contributed by atoms with E-state index in [4.69, 9.17) is 4.74 Å². The van der Waals surface area contributed by atoms with E-state index in [1.165, 1.54) is 5.56 Å². The number of hydrogen-bond acceptors (Lipinski definition) is 4. The molecule has 0 aliphatic heterocycles. The van der Waals surface area contributed by atoms with Crippen LogP contribution in [0.4, 0.5) is 17.1 Å². The Morgan fingerprint density at radius 1 is 0.788 bits per heavy atom. The number of ether oxygens (including phenoxy) is 1. The molecule has 0 saturated heterocycles. The van der Waals surface area contributed by atoms with Gasteiger partial charge in [0.15, 0.2) is 0 Å². The van der Waals surface area contributed by atoms with Crippen LogP contribution >= 0.6 is 0 Å². The molecule has 172 valence electrons. The number of carbonyl (C=O) groups excluding carboxylic acids is 2. The van der Waals surface area contributed by atoms with E-state index in [2.05, 4.69) is 28.1 Å². The molecule has 0 heterocycles. The quantitative estimate of drug-likeness (QED) is 0.372. The van der Waals surface area contributed by atoms with Gasteiger partial charge in [-0.1, -0.05) is 50.2 Å². The lowest BCUT2D eigenvalue weighted by molar-refractivity contribution is -0.117. The maximum absolute atomic E-state index is 12.3. The van der Waals surface area contributed by atoms with Crippen molar-refractivity contribution in [2.24, 2.45) is 5.92 Å². The Kier molecular flexibility index (Phi) is 8.88. The Morgan fingerprint density at radius 2 is 1.48 bits per heavy atom. The van der Waals surface area contributed by atoms with E-state index in [9.17, 15) is 9.59 Å². The van der Waals surface area contributed by atoms with E-state index in [-0.39, 0.29) is 18.4 Å². The molecule has 0 radical (unpaired) electrons. The van der Waals surface area contributed by atoms with Crippen molar-refractivity contribution in [2.75, 3.05) is 29.1 Å². The van der Waals surface area contributed by atoms with Gasteiger partial charge in [0.25, 0.3) is 0 Å². The van der Waals surface area contributed by atoms with E-state index in [0.29, 0.717) is 30.4 Å². The molecular weight excluding hydrogens is 414 g/mol. The number of anilines is 3. The molecule has 33 heavy (non-hydrogen) atoms. The summed E-state index contributed by atoms with van der Waals surface area (Å²) in [5, 5.41) is 8.84. The highest BCUT2D eigenvalue weighted by atomic mass is 16.5. The van der Waals surface area contributed by atoms with Gasteiger partial charge in [-0.25, -0.2) is 0 Å². The van der Waals surface area contributed by atoms with Gasteiger partial charge in [-0.3, -0.25) is 9.59 Å². The number of rotatable bonds is 11. The lowest BCUT2D eigenvalue weighted by atomic mass is 10.1. The number of hydrogen-bond donors (Lipinski definition) is 3. The smallest absolute Gasteiger partial charge is 0.243 e. The predicted octanol–water partition coefficient (Wildman–Crippen LogP) is 5.34. The molecule has 3 aromatic carbocycles. The fraction of sp³-hybridized carbons (Fsp3) is 0.259. The van der Waals surface area contributed by atoms with Crippen LogP contribution in [0.15, 0.2) is 78.9 Å². The van der Waals surface area contributed by atoms with Crippen LogP contribution in [0.5, 0.6) is 5.75 Å². The number of nitrogens with one attached hydrogen (secondary N) is 3. The topological polar surface area (TPSA) is 79.5 Å². The summed E-state index contributed by atoms with van der Waals surface area (Å²) in [7, 11) is 0. The lowest BCUT2D eigenvalue weighted by Gasteiger charge is -2.11. The van der Waals surface area contributed by atoms with Crippen molar-refractivity contribution in [3.05, 3.63) is 84.4 Å². The van der Waals surface area contributed by atoms with Gasteiger partial charge < -0.3 is 20.7 Å². The zero-order valence-corrected chi connectivity index (χ0v) is 19.1. The zero-order chi connectivity index (χ0) is 23.5. The van der Waals surface area contributed by atoms with E-state index >= 15 is 0 Å². The molecule has 0 unspecified atom stereocenters. The molecule has 0 saturated carbocycles. The average Bonchev–Trinajstić information content (AvgIpc) is 2.79. The Labute approximate surface area is 195 Å². The number of carbonyl (C=O) groups is 2. The highest BCUT2D eigenvalue weighted by molar-refractivity contribution is 5.94. The van der Waals surface area contributed by atoms with E-state index in [1.807, 2.05) is 80.6 Å². The SMILES string of the molecule is CC(C)CC(=O)Nc1ccc(NCC(=O)Nc2cccc(OCCc3ccccc3)c2)cc1. The summed E-state index contributed by atoms with van der Waals surface area (Å²) in [6.45, 7) is 4.70. The van der Waals surface area contributed by atoms with Crippen molar-refractivity contribution in [3.8, 4) is 5.75 Å². The Balaban J connectivity index is 1.42. The molecule has 0 aliphatic carbocycles. The van der Waals surface area contributed by atoms with Crippen LogP contribution in [0.1, 0.15) is 25.8 Å². The molecule has 0 aromatic heterocycles. The summed E-state index contributed by atoms with van der Waals surface area (Å²) in [6, 6.07) is 24.8. The summed E-state index contributed by atoms with van der Waals surface area (Å²) < 4.78 is 5.82. The molecule has 0 spiro atoms. The second-order valence-corrected chi connectivity index (χ2v) is 8.24. The van der Waals surface area contributed by atoms with Crippen molar-refractivity contribution >= 4 is 28.9 Å². The second kappa shape index (κ2) is 12.3. The molecule has 0 bridgehead atoms. The maximum atomic E-state index is 12.3. The normalized spacial score (nSPS) is 10.5. The van der Waals surface area contributed by atoms with Crippen LogP contribution in [0.25, 0.3) is 0 Å².